The molecule has 5 rings (SSSR count). The monoisotopic (exact) mass is 442 g/mol. The van der Waals surface area contributed by atoms with Crippen LogP contribution in [-0.4, -0.2) is 49.8 Å². The molecule has 2 aromatic rings. The Labute approximate surface area is 183 Å². The van der Waals surface area contributed by atoms with Crippen molar-refractivity contribution in [1.82, 2.24) is 0 Å². The van der Waals surface area contributed by atoms with Gasteiger partial charge in [-0.15, -0.1) is 0 Å². The normalized spacial score (nSPS) is 25.0. The Balaban J connectivity index is 1.75. The Hall–Kier alpha value is -3.62. The summed E-state index contributed by atoms with van der Waals surface area (Å²) >= 11 is 0. The summed E-state index contributed by atoms with van der Waals surface area (Å²) in [6, 6.07) is 6.95. The van der Waals surface area contributed by atoms with Crippen LogP contribution in [0.3, 0.4) is 0 Å². The molecule has 4 atom stereocenters. The fourth-order valence-electron chi connectivity index (χ4n) is 5.22. The maximum atomic E-state index is 12.9. The lowest BCUT2D eigenvalue weighted by Gasteiger charge is -2.38. The molecular formula is C23H22O9. The van der Waals surface area contributed by atoms with E-state index in [-0.39, 0.29) is 49.0 Å². The van der Waals surface area contributed by atoms with Crippen LogP contribution in [0.1, 0.15) is 34.9 Å². The fourth-order valence-corrected chi connectivity index (χ4v) is 5.22. The molecule has 0 bridgehead atoms. The van der Waals surface area contributed by atoms with Gasteiger partial charge >= 0.3 is 11.9 Å². The Morgan fingerprint density at radius 3 is 2.25 bits per heavy atom. The first-order chi connectivity index (χ1) is 15.4. The third-order valence-electron chi connectivity index (χ3n) is 6.60. The van der Waals surface area contributed by atoms with E-state index in [4.69, 9.17) is 23.7 Å². The number of ether oxygens (including phenoxy) is 5. The molecule has 0 radical (unpaired) electrons. The highest BCUT2D eigenvalue weighted by Gasteiger charge is 2.52. The first kappa shape index (κ1) is 20.3. The van der Waals surface area contributed by atoms with Crippen molar-refractivity contribution in [3.05, 3.63) is 41.0 Å². The highest BCUT2D eigenvalue weighted by molar-refractivity contribution is 5.80. The number of fused-ring (bicyclic) bond motifs is 3. The third kappa shape index (κ3) is 2.99. The summed E-state index contributed by atoms with van der Waals surface area (Å²) in [6.45, 7) is 0.209. The van der Waals surface area contributed by atoms with Crippen molar-refractivity contribution in [1.29, 1.82) is 0 Å². The lowest BCUT2D eigenvalue weighted by Crippen LogP contribution is -2.35. The number of methoxy groups -OCH3 is 2. The molecule has 1 fully saturated rings. The lowest BCUT2D eigenvalue weighted by molar-refractivity contribution is -0.142. The molecule has 0 amide bonds. The van der Waals surface area contributed by atoms with Crippen molar-refractivity contribution in [2.24, 2.45) is 11.8 Å². The molecule has 3 aliphatic rings. The second-order valence-electron chi connectivity index (χ2n) is 8.11. The van der Waals surface area contributed by atoms with E-state index in [1.54, 1.807) is 12.1 Å². The minimum atomic E-state index is -0.955. The van der Waals surface area contributed by atoms with Gasteiger partial charge in [-0.3, -0.25) is 9.59 Å². The molecule has 2 aliphatic heterocycles. The van der Waals surface area contributed by atoms with Gasteiger partial charge in [-0.1, -0.05) is 0 Å². The van der Waals surface area contributed by atoms with Gasteiger partial charge in [0.1, 0.15) is 0 Å². The number of aliphatic carboxylic acids is 1. The van der Waals surface area contributed by atoms with Gasteiger partial charge in [0, 0.05) is 17.8 Å². The summed E-state index contributed by atoms with van der Waals surface area (Å²) in [6.07, 6.45) is -0.139. The number of carbonyl (C=O) groups is 2. The fraction of sp³-hybridized carbons (Fsp3) is 0.391. The molecule has 2 N–H and O–H groups in total. The van der Waals surface area contributed by atoms with Crippen LogP contribution in [0.5, 0.6) is 28.7 Å². The summed E-state index contributed by atoms with van der Waals surface area (Å²) in [7, 11) is 2.86. The summed E-state index contributed by atoms with van der Waals surface area (Å²) < 4.78 is 27.2. The van der Waals surface area contributed by atoms with Crippen molar-refractivity contribution >= 4 is 11.9 Å². The quantitative estimate of drug-likeness (QED) is 0.673. The van der Waals surface area contributed by atoms with Crippen LogP contribution in [0.2, 0.25) is 0 Å². The van der Waals surface area contributed by atoms with Gasteiger partial charge in [0.25, 0.3) is 0 Å². The zero-order valence-corrected chi connectivity index (χ0v) is 17.5. The molecule has 2 heterocycles. The molecule has 0 saturated carbocycles. The number of hydrogen-bond donors (Lipinski definition) is 2. The van der Waals surface area contributed by atoms with Gasteiger partial charge in [-0.05, 0) is 41.0 Å². The van der Waals surface area contributed by atoms with Crippen molar-refractivity contribution in [2.75, 3.05) is 27.6 Å². The number of esters is 1. The minimum absolute atomic E-state index is 0.0717. The van der Waals surface area contributed by atoms with Gasteiger partial charge < -0.3 is 33.9 Å². The molecule has 1 aliphatic carbocycles. The average molecular weight is 442 g/mol. The molecule has 9 heteroatoms. The Morgan fingerprint density at radius 2 is 1.66 bits per heavy atom. The number of carbonyl (C=O) groups excluding carboxylic acids is 1. The standard InChI is InChI=1S/C23H22O9/c1-28-17-3-10(4-18(29-2)22(17)26)20-13-6-16-15(31-9-32-16)5-11(13)12(7-19(24)25)14-8-30-23(27)21(14)20/h3-6,12,14,20-21,26H,7-9H2,1-2H3,(H,24,25)/t12-,14?,20-,21+/m1/s1. The van der Waals surface area contributed by atoms with Crippen LogP contribution in [-0.2, 0) is 14.3 Å². The summed E-state index contributed by atoms with van der Waals surface area (Å²) in [5.41, 5.74) is 2.22. The molecule has 168 valence electrons. The van der Waals surface area contributed by atoms with E-state index in [9.17, 15) is 19.8 Å². The first-order valence-corrected chi connectivity index (χ1v) is 10.2. The number of hydrogen-bond acceptors (Lipinski definition) is 8. The van der Waals surface area contributed by atoms with E-state index < -0.39 is 23.7 Å². The van der Waals surface area contributed by atoms with Crippen LogP contribution in [0.4, 0.5) is 0 Å². The molecule has 32 heavy (non-hydrogen) atoms. The number of phenolic OH excluding ortho intramolecular Hbond substituents is 1. The first-order valence-electron chi connectivity index (χ1n) is 10.2. The predicted octanol–water partition coefficient (Wildman–Crippen LogP) is 2.63. The maximum absolute atomic E-state index is 12.9. The van der Waals surface area contributed by atoms with E-state index in [1.807, 2.05) is 12.1 Å². The van der Waals surface area contributed by atoms with Crippen LogP contribution in [0.15, 0.2) is 24.3 Å². The molecule has 0 spiro atoms. The van der Waals surface area contributed by atoms with Crippen LogP contribution in [0, 0.1) is 11.8 Å². The van der Waals surface area contributed by atoms with Gasteiger partial charge in [-0.25, -0.2) is 0 Å². The highest BCUT2D eigenvalue weighted by Crippen LogP contribution is 2.56. The molecular weight excluding hydrogens is 420 g/mol. The number of carboxylic acid groups (broad SMARTS) is 1. The largest absolute Gasteiger partial charge is 0.502 e. The van der Waals surface area contributed by atoms with Gasteiger partial charge in [0.2, 0.25) is 12.5 Å². The topological polar surface area (TPSA) is 121 Å². The van der Waals surface area contributed by atoms with Crippen LogP contribution >= 0.6 is 0 Å². The maximum Gasteiger partial charge on any atom is 0.310 e. The predicted molar refractivity (Wildman–Crippen MR) is 109 cm³/mol. The number of benzene rings is 2. The smallest absolute Gasteiger partial charge is 0.310 e. The Bertz CT molecular complexity index is 1080. The summed E-state index contributed by atoms with van der Waals surface area (Å²) in [4.78, 5) is 24.6. The number of aromatic hydroxyl groups is 1. The summed E-state index contributed by atoms with van der Waals surface area (Å²) in [5.74, 6) is -1.84. The Kier molecular flexibility index (Phi) is 4.76. The SMILES string of the molecule is COc1cc([C@@H]2c3cc4c(cc3[C@@H](CC(=O)O)C3COC(=O)[C@@H]32)OCO4)cc(OC)c1O. The highest BCUT2D eigenvalue weighted by atomic mass is 16.7. The number of rotatable bonds is 5. The molecule has 1 saturated heterocycles. The average Bonchev–Trinajstić information content (AvgIpc) is 3.39. The van der Waals surface area contributed by atoms with E-state index in [1.165, 1.54) is 14.2 Å². The summed E-state index contributed by atoms with van der Waals surface area (Å²) in [5, 5.41) is 19.9. The van der Waals surface area contributed by atoms with Crippen LogP contribution in [0.25, 0.3) is 0 Å². The van der Waals surface area contributed by atoms with Crippen molar-refractivity contribution in [2.45, 2.75) is 18.3 Å². The lowest BCUT2D eigenvalue weighted by atomic mass is 9.62. The second kappa shape index (κ2) is 7.51. The number of phenols is 1. The minimum Gasteiger partial charge on any atom is -0.502 e. The zero-order valence-electron chi connectivity index (χ0n) is 17.5. The van der Waals surface area contributed by atoms with Gasteiger partial charge in [0.05, 0.1) is 33.2 Å². The zero-order chi connectivity index (χ0) is 22.6. The van der Waals surface area contributed by atoms with E-state index in [0.29, 0.717) is 17.1 Å². The van der Waals surface area contributed by atoms with E-state index in [0.717, 1.165) is 11.1 Å². The van der Waals surface area contributed by atoms with E-state index >= 15 is 0 Å². The number of cyclic esters (lactones) is 1. The van der Waals surface area contributed by atoms with E-state index in [2.05, 4.69) is 0 Å². The van der Waals surface area contributed by atoms with Gasteiger partial charge in [-0.2, -0.15) is 0 Å². The third-order valence-corrected chi connectivity index (χ3v) is 6.60. The second-order valence-corrected chi connectivity index (χ2v) is 8.11. The van der Waals surface area contributed by atoms with Crippen molar-refractivity contribution in [3.63, 3.8) is 0 Å². The van der Waals surface area contributed by atoms with Crippen LogP contribution < -0.4 is 18.9 Å². The molecule has 2 aromatic carbocycles. The molecule has 9 nitrogen and oxygen atoms in total. The van der Waals surface area contributed by atoms with Crippen molar-refractivity contribution in [3.8, 4) is 28.7 Å². The Morgan fingerprint density at radius 1 is 1.03 bits per heavy atom. The molecule has 0 aromatic heterocycles. The van der Waals surface area contributed by atoms with Crippen molar-refractivity contribution < 1.29 is 43.5 Å². The number of carboxylic acids is 1. The van der Waals surface area contributed by atoms with Gasteiger partial charge in [0.15, 0.2) is 23.0 Å². The molecule has 1 unspecified atom stereocenters.